The van der Waals surface area contributed by atoms with Gasteiger partial charge >= 0.3 is 0 Å². The van der Waals surface area contributed by atoms with Crippen LogP contribution in [0.5, 0.6) is 0 Å². The van der Waals surface area contributed by atoms with E-state index in [0.29, 0.717) is 0 Å². The van der Waals surface area contributed by atoms with Crippen LogP contribution in [0.4, 0.5) is 5.69 Å². The second-order valence-electron chi connectivity index (χ2n) is 7.63. The molecule has 0 unspecified atom stereocenters. The molecule has 5 heteroatoms. The van der Waals surface area contributed by atoms with Gasteiger partial charge in [0.15, 0.2) is 0 Å². The molecule has 1 amide bonds. The average Bonchev–Trinajstić information content (AvgIpc) is 2.89. The topological polar surface area (TPSA) is 62.3 Å². The Morgan fingerprint density at radius 1 is 1.06 bits per heavy atom. The third kappa shape index (κ3) is 17.4. The lowest BCUT2D eigenvalue weighted by molar-refractivity contribution is -0.114. The number of nitrogens with zero attached hydrogens (tertiary/aromatic N) is 2. The Bertz CT molecular complexity index is 697. The van der Waals surface area contributed by atoms with Gasteiger partial charge in [-0.2, -0.15) is 0 Å². The lowest BCUT2D eigenvalue weighted by atomic mass is 9.95. The molecule has 0 atom stereocenters. The molecular weight excluding hydrogens is 410 g/mol. The lowest BCUT2D eigenvalue weighted by Crippen LogP contribution is -2.32. The van der Waals surface area contributed by atoms with Crippen LogP contribution in [-0.4, -0.2) is 42.2 Å². The Hall–Kier alpha value is -2.79. The summed E-state index contributed by atoms with van der Waals surface area (Å²) in [5.41, 5.74) is 3.34. The van der Waals surface area contributed by atoms with Crippen molar-refractivity contribution in [1.29, 1.82) is 0 Å². The van der Waals surface area contributed by atoms with Crippen LogP contribution in [0.1, 0.15) is 64.0 Å². The van der Waals surface area contributed by atoms with E-state index < -0.39 is 0 Å². The Kier molecular flexibility index (Phi) is 22.0. The van der Waals surface area contributed by atoms with Gasteiger partial charge in [-0.25, -0.2) is 0 Å². The summed E-state index contributed by atoms with van der Waals surface area (Å²) in [6.07, 6.45) is 12.0. The second-order valence-corrected chi connectivity index (χ2v) is 7.63. The van der Waals surface area contributed by atoms with Gasteiger partial charge in [-0.15, -0.1) is 13.2 Å². The predicted molar refractivity (Wildman–Crippen MR) is 143 cm³/mol. The van der Waals surface area contributed by atoms with Gasteiger partial charge in [0, 0.05) is 31.0 Å². The Morgan fingerprint density at radius 3 is 2.03 bits per heavy atom. The second kappa shape index (κ2) is 22.4. The number of pyridine rings is 1. The molecule has 1 aliphatic rings. The van der Waals surface area contributed by atoms with Crippen molar-refractivity contribution < 1.29 is 9.59 Å². The number of nitrogens with one attached hydrogen (secondary N) is 1. The number of aryl methyl sites for hydroxylation is 2. The summed E-state index contributed by atoms with van der Waals surface area (Å²) in [6, 6.07) is 12.6. The molecule has 0 saturated heterocycles. The average molecular weight is 456 g/mol. The van der Waals surface area contributed by atoms with Gasteiger partial charge in [-0.05, 0) is 63.5 Å². The standard InChI is InChI=1S/C9H11NO.C9H19N.C7H9N.C2H4.CH2O/c1-7-3-5-9(6-4-7)10-8(2)11;1-3-10(2)9-7-5-4-6-8-9;1-2-7-4-3-5-8-6-7;2*1-2/h3-6H,1-2H3,(H,10,11);9H,3-8H2,1-2H3;3-6H,2H2,1H3;1-2H2;1H2. The molecule has 3 rings (SSSR count). The van der Waals surface area contributed by atoms with Crippen LogP contribution in [0, 0.1) is 6.92 Å². The molecule has 33 heavy (non-hydrogen) atoms. The van der Waals surface area contributed by atoms with Gasteiger partial charge in [0.2, 0.25) is 5.91 Å². The Balaban J connectivity index is 0. The minimum atomic E-state index is -0.0335. The van der Waals surface area contributed by atoms with Crippen LogP contribution in [-0.2, 0) is 16.0 Å². The lowest BCUT2D eigenvalue weighted by Gasteiger charge is -2.29. The van der Waals surface area contributed by atoms with Crippen molar-refractivity contribution in [2.75, 3.05) is 18.9 Å². The van der Waals surface area contributed by atoms with Crippen molar-refractivity contribution in [3.8, 4) is 0 Å². The molecule has 0 radical (unpaired) electrons. The summed E-state index contributed by atoms with van der Waals surface area (Å²) < 4.78 is 0. The third-order valence-corrected chi connectivity index (χ3v) is 5.20. The van der Waals surface area contributed by atoms with Crippen molar-refractivity contribution in [3.05, 3.63) is 73.1 Å². The molecule has 1 saturated carbocycles. The van der Waals surface area contributed by atoms with E-state index >= 15 is 0 Å². The van der Waals surface area contributed by atoms with Crippen LogP contribution in [0.25, 0.3) is 0 Å². The summed E-state index contributed by atoms with van der Waals surface area (Å²) in [5, 5.41) is 2.69. The van der Waals surface area contributed by atoms with E-state index in [1.54, 1.807) is 6.20 Å². The SMILES string of the molecule is C=C.C=O.CC(=O)Nc1ccc(C)cc1.CCN(C)C1CCCCC1.CCc1cccnc1. The first kappa shape index (κ1) is 32.4. The van der Waals surface area contributed by atoms with Gasteiger partial charge in [-0.3, -0.25) is 9.78 Å². The molecule has 1 N–H and O–H groups in total. The number of carbonyl (C=O) groups is 2. The number of carbonyl (C=O) groups excluding carboxylic acids is 2. The monoisotopic (exact) mass is 455 g/mol. The van der Waals surface area contributed by atoms with E-state index in [0.717, 1.165) is 18.2 Å². The number of hydrogen-bond donors (Lipinski definition) is 1. The molecular formula is C28H45N3O2. The normalized spacial score (nSPS) is 12.2. The summed E-state index contributed by atoms with van der Waals surface area (Å²) in [4.78, 5) is 25.0. The quantitative estimate of drug-likeness (QED) is 0.536. The van der Waals surface area contributed by atoms with Crippen molar-refractivity contribution in [2.45, 2.75) is 72.3 Å². The molecule has 0 spiro atoms. The molecule has 1 heterocycles. The largest absolute Gasteiger partial charge is 0.326 e. The summed E-state index contributed by atoms with van der Waals surface area (Å²) in [7, 11) is 2.25. The van der Waals surface area contributed by atoms with Gasteiger partial charge < -0.3 is 15.0 Å². The van der Waals surface area contributed by atoms with Crippen LogP contribution >= 0.6 is 0 Å². The highest BCUT2D eigenvalue weighted by Crippen LogP contribution is 2.20. The molecule has 2 aromatic rings. The molecule has 1 aromatic carbocycles. The minimum absolute atomic E-state index is 0.0335. The summed E-state index contributed by atoms with van der Waals surface area (Å²) in [5.74, 6) is -0.0335. The smallest absolute Gasteiger partial charge is 0.221 e. The van der Waals surface area contributed by atoms with E-state index in [2.05, 4.69) is 55.3 Å². The van der Waals surface area contributed by atoms with Crippen LogP contribution in [0.2, 0.25) is 0 Å². The Labute approximate surface area is 202 Å². The van der Waals surface area contributed by atoms with Crippen molar-refractivity contribution in [2.24, 2.45) is 0 Å². The zero-order valence-electron chi connectivity index (χ0n) is 21.5. The maximum Gasteiger partial charge on any atom is 0.221 e. The van der Waals surface area contributed by atoms with E-state index in [-0.39, 0.29) is 5.91 Å². The van der Waals surface area contributed by atoms with Crippen LogP contribution in [0.3, 0.4) is 0 Å². The molecule has 184 valence electrons. The minimum Gasteiger partial charge on any atom is -0.326 e. The Morgan fingerprint density at radius 2 is 1.64 bits per heavy atom. The van der Waals surface area contributed by atoms with Crippen molar-refractivity contribution >= 4 is 18.4 Å². The van der Waals surface area contributed by atoms with Crippen molar-refractivity contribution in [1.82, 2.24) is 9.88 Å². The molecule has 1 fully saturated rings. The third-order valence-electron chi connectivity index (χ3n) is 5.20. The van der Waals surface area contributed by atoms with E-state index in [9.17, 15) is 4.79 Å². The number of rotatable bonds is 4. The maximum atomic E-state index is 10.6. The predicted octanol–water partition coefficient (Wildman–Crippen LogP) is 6.49. The number of benzene rings is 1. The summed E-state index contributed by atoms with van der Waals surface area (Å²) >= 11 is 0. The van der Waals surface area contributed by atoms with E-state index in [1.165, 1.54) is 56.7 Å². The highest BCUT2D eigenvalue weighted by molar-refractivity contribution is 5.88. The van der Waals surface area contributed by atoms with Gasteiger partial charge in [-0.1, -0.05) is 56.9 Å². The zero-order chi connectivity index (χ0) is 25.5. The number of hydrogen-bond acceptors (Lipinski definition) is 4. The van der Waals surface area contributed by atoms with Gasteiger partial charge in [0.25, 0.3) is 0 Å². The zero-order valence-corrected chi connectivity index (χ0v) is 21.5. The molecule has 0 aliphatic heterocycles. The highest BCUT2D eigenvalue weighted by Gasteiger charge is 2.15. The first-order valence-electron chi connectivity index (χ1n) is 11.7. The van der Waals surface area contributed by atoms with Gasteiger partial charge in [0.05, 0.1) is 0 Å². The fraction of sp³-hybridized carbons (Fsp3) is 0.464. The van der Waals surface area contributed by atoms with Crippen LogP contribution in [0.15, 0.2) is 61.9 Å². The van der Waals surface area contributed by atoms with E-state index in [4.69, 9.17) is 4.79 Å². The summed E-state index contributed by atoms with van der Waals surface area (Å²) in [6.45, 7) is 17.1. The highest BCUT2D eigenvalue weighted by atomic mass is 16.1. The molecule has 0 bridgehead atoms. The maximum absolute atomic E-state index is 10.6. The van der Waals surface area contributed by atoms with E-state index in [1.807, 2.05) is 50.2 Å². The number of amides is 1. The fourth-order valence-electron chi connectivity index (χ4n) is 3.23. The molecule has 1 aromatic heterocycles. The molecule has 5 nitrogen and oxygen atoms in total. The fourth-order valence-corrected chi connectivity index (χ4v) is 3.23. The number of aromatic nitrogens is 1. The first-order chi connectivity index (χ1) is 16.0. The first-order valence-corrected chi connectivity index (χ1v) is 11.7. The number of anilines is 1. The van der Waals surface area contributed by atoms with Crippen molar-refractivity contribution in [3.63, 3.8) is 0 Å². The molecule has 1 aliphatic carbocycles. The van der Waals surface area contributed by atoms with Crippen LogP contribution < -0.4 is 5.32 Å². The van der Waals surface area contributed by atoms with Gasteiger partial charge in [0.1, 0.15) is 6.79 Å².